The molecule has 12 heavy (non-hydrogen) atoms. The van der Waals surface area contributed by atoms with Gasteiger partial charge in [-0.05, 0) is 45.6 Å². The first-order chi connectivity index (χ1) is 5.60. The second-order valence-corrected chi connectivity index (χ2v) is 5.55. The van der Waals surface area contributed by atoms with E-state index in [1.807, 2.05) is 11.8 Å². The number of thioether (sulfide) groups is 1. The molecule has 1 atom stereocenters. The van der Waals surface area contributed by atoms with Crippen LogP contribution in [0, 0.1) is 0 Å². The molecular formula is C10H19NS. The predicted octanol–water partition coefficient (Wildman–Crippen LogP) is 2.78. The van der Waals surface area contributed by atoms with E-state index in [1.165, 1.54) is 18.6 Å². The van der Waals surface area contributed by atoms with E-state index >= 15 is 0 Å². The van der Waals surface area contributed by atoms with Gasteiger partial charge in [-0.3, -0.25) is 0 Å². The van der Waals surface area contributed by atoms with Crippen molar-refractivity contribution in [3.05, 3.63) is 12.3 Å². The summed E-state index contributed by atoms with van der Waals surface area (Å²) in [5.41, 5.74) is 0.279. The molecular weight excluding hydrogens is 166 g/mol. The Kier molecular flexibility index (Phi) is 3.51. The SMILES string of the molecule is CC1C=CNC(C)(C)CCCS1. The minimum atomic E-state index is 0.279. The number of hydrogen-bond donors (Lipinski definition) is 1. The summed E-state index contributed by atoms with van der Waals surface area (Å²) in [7, 11) is 0. The van der Waals surface area contributed by atoms with Crippen LogP contribution in [0.1, 0.15) is 33.6 Å². The average molecular weight is 185 g/mol. The molecule has 0 aromatic rings. The van der Waals surface area contributed by atoms with Crippen molar-refractivity contribution < 1.29 is 0 Å². The van der Waals surface area contributed by atoms with Gasteiger partial charge in [-0.15, -0.1) is 0 Å². The van der Waals surface area contributed by atoms with Crippen molar-refractivity contribution in [2.45, 2.75) is 44.4 Å². The molecule has 0 fully saturated rings. The van der Waals surface area contributed by atoms with Crippen LogP contribution in [0.4, 0.5) is 0 Å². The lowest BCUT2D eigenvalue weighted by molar-refractivity contribution is 0.407. The summed E-state index contributed by atoms with van der Waals surface area (Å²) in [5.74, 6) is 1.29. The maximum Gasteiger partial charge on any atom is 0.0312 e. The van der Waals surface area contributed by atoms with Crippen molar-refractivity contribution in [1.82, 2.24) is 5.32 Å². The minimum absolute atomic E-state index is 0.279. The zero-order valence-corrected chi connectivity index (χ0v) is 9.08. The third-order valence-corrected chi connectivity index (χ3v) is 3.38. The van der Waals surface area contributed by atoms with Crippen LogP contribution in [-0.2, 0) is 0 Å². The fraction of sp³-hybridized carbons (Fsp3) is 0.800. The van der Waals surface area contributed by atoms with E-state index in [4.69, 9.17) is 0 Å². The Balaban J connectivity index is 2.51. The van der Waals surface area contributed by atoms with Crippen LogP contribution in [0.3, 0.4) is 0 Å². The van der Waals surface area contributed by atoms with Crippen LogP contribution in [0.2, 0.25) is 0 Å². The molecule has 0 bridgehead atoms. The first-order valence-electron chi connectivity index (χ1n) is 4.66. The van der Waals surface area contributed by atoms with Gasteiger partial charge in [0.25, 0.3) is 0 Å². The molecule has 1 heterocycles. The smallest absolute Gasteiger partial charge is 0.0312 e. The molecule has 0 spiro atoms. The van der Waals surface area contributed by atoms with Crippen LogP contribution in [0.15, 0.2) is 12.3 Å². The van der Waals surface area contributed by atoms with E-state index in [-0.39, 0.29) is 5.54 Å². The number of rotatable bonds is 0. The van der Waals surface area contributed by atoms with Gasteiger partial charge in [0, 0.05) is 10.8 Å². The summed E-state index contributed by atoms with van der Waals surface area (Å²) in [6.07, 6.45) is 6.94. The fourth-order valence-corrected chi connectivity index (χ4v) is 2.19. The molecule has 1 rings (SSSR count). The van der Waals surface area contributed by atoms with Gasteiger partial charge in [0.05, 0.1) is 0 Å². The van der Waals surface area contributed by atoms with Crippen molar-refractivity contribution >= 4 is 11.8 Å². The molecule has 1 nitrogen and oxygen atoms in total. The molecule has 1 N–H and O–H groups in total. The highest BCUT2D eigenvalue weighted by atomic mass is 32.2. The lowest BCUT2D eigenvalue weighted by Crippen LogP contribution is -2.35. The maximum atomic E-state index is 3.44. The van der Waals surface area contributed by atoms with Crippen LogP contribution >= 0.6 is 11.8 Å². The van der Waals surface area contributed by atoms with Gasteiger partial charge in [0.1, 0.15) is 0 Å². The van der Waals surface area contributed by atoms with E-state index in [9.17, 15) is 0 Å². The van der Waals surface area contributed by atoms with Gasteiger partial charge in [-0.2, -0.15) is 11.8 Å². The van der Waals surface area contributed by atoms with Crippen LogP contribution in [0.5, 0.6) is 0 Å². The molecule has 2 heteroatoms. The monoisotopic (exact) mass is 185 g/mol. The summed E-state index contributed by atoms with van der Waals surface area (Å²) in [4.78, 5) is 0. The Bertz CT molecular complexity index is 163. The van der Waals surface area contributed by atoms with E-state index in [0.717, 1.165) is 0 Å². The minimum Gasteiger partial charge on any atom is -0.386 e. The van der Waals surface area contributed by atoms with Crippen LogP contribution in [0.25, 0.3) is 0 Å². The van der Waals surface area contributed by atoms with Crippen molar-refractivity contribution in [2.75, 3.05) is 5.75 Å². The molecule has 0 aromatic carbocycles. The Hall–Kier alpha value is -0.110. The maximum absolute atomic E-state index is 3.44. The fourth-order valence-electron chi connectivity index (χ4n) is 1.32. The van der Waals surface area contributed by atoms with Crippen molar-refractivity contribution in [1.29, 1.82) is 0 Å². The molecule has 0 aromatic heterocycles. The Morgan fingerprint density at radius 2 is 2.25 bits per heavy atom. The molecule has 1 aliphatic rings. The zero-order valence-electron chi connectivity index (χ0n) is 8.26. The topological polar surface area (TPSA) is 12.0 Å². The quantitative estimate of drug-likeness (QED) is 0.623. The lowest BCUT2D eigenvalue weighted by Gasteiger charge is -2.24. The van der Waals surface area contributed by atoms with Gasteiger partial charge in [-0.1, -0.05) is 6.08 Å². The van der Waals surface area contributed by atoms with Crippen LogP contribution < -0.4 is 5.32 Å². The van der Waals surface area contributed by atoms with Gasteiger partial charge in [-0.25, -0.2) is 0 Å². The summed E-state index contributed by atoms with van der Waals surface area (Å²) in [5, 5.41) is 4.10. The van der Waals surface area contributed by atoms with Crippen molar-refractivity contribution in [3.8, 4) is 0 Å². The average Bonchev–Trinajstić information content (AvgIpc) is 2.02. The van der Waals surface area contributed by atoms with Gasteiger partial charge < -0.3 is 5.32 Å². The van der Waals surface area contributed by atoms with E-state index < -0.39 is 0 Å². The van der Waals surface area contributed by atoms with E-state index in [2.05, 4.69) is 38.4 Å². The summed E-state index contributed by atoms with van der Waals surface area (Å²) < 4.78 is 0. The molecule has 0 saturated heterocycles. The number of nitrogens with one attached hydrogen (secondary N) is 1. The van der Waals surface area contributed by atoms with Gasteiger partial charge in [0.15, 0.2) is 0 Å². The molecule has 0 amide bonds. The highest BCUT2D eigenvalue weighted by Crippen LogP contribution is 2.19. The highest BCUT2D eigenvalue weighted by Gasteiger charge is 2.15. The van der Waals surface area contributed by atoms with E-state index in [1.54, 1.807) is 0 Å². The second-order valence-electron chi connectivity index (χ2n) is 4.07. The van der Waals surface area contributed by atoms with Crippen molar-refractivity contribution in [2.24, 2.45) is 0 Å². The molecule has 0 saturated carbocycles. The zero-order chi connectivity index (χ0) is 9.03. The normalized spacial score (nSPS) is 29.8. The lowest BCUT2D eigenvalue weighted by atomic mass is 9.99. The summed E-state index contributed by atoms with van der Waals surface area (Å²) >= 11 is 2.04. The standard InChI is InChI=1S/C10H19NS/c1-9-5-7-11-10(2,3)6-4-8-12-9/h5,7,9,11H,4,6,8H2,1-3H3. The van der Waals surface area contributed by atoms with Crippen molar-refractivity contribution in [3.63, 3.8) is 0 Å². The number of hydrogen-bond acceptors (Lipinski definition) is 2. The Morgan fingerprint density at radius 3 is 3.00 bits per heavy atom. The Labute approximate surface area is 80.0 Å². The third-order valence-electron chi connectivity index (χ3n) is 2.17. The molecule has 70 valence electrons. The van der Waals surface area contributed by atoms with Gasteiger partial charge >= 0.3 is 0 Å². The van der Waals surface area contributed by atoms with Crippen LogP contribution in [-0.4, -0.2) is 16.5 Å². The molecule has 0 radical (unpaired) electrons. The molecule has 1 aliphatic heterocycles. The largest absolute Gasteiger partial charge is 0.386 e. The van der Waals surface area contributed by atoms with Gasteiger partial charge in [0.2, 0.25) is 0 Å². The summed E-state index contributed by atoms with van der Waals surface area (Å²) in [6.45, 7) is 6.77. The summed E-state index contributed by atoms with van der Waals surface area (Å²) in [6, 6.07) is 0. The Morgan fingerprint density at radius 1 is 1.50 bits per heavy atom. The predicted molar refractivity (Wildman–Crippen MR) is 57.5 cm³/mol. The van der Waals surface area contributed by atoms with E-state index in [0.29, 0.717) is 5.25 Å². The first-order valence-corrected chi connectivity index (χ1v) is 5.71. The first kappa shape index (κ1) is 9.97. The highest BCUT2D eigenvalue weighted by molar-refractivity contribution is 8.00. The molecule has 0 aliphatic carbocycles. The second kappa shape index (κ2) is 4.22. The third kappa shape index (κ3) is 3.53. The molecule has 1 unspecified atom stereocenters.